The summed E-state index contributed by atoms with van der Waals surface area (Å²) in [7, 11) is 0. The van der Waals surface area contributed by atoms with Gasteiger partial charge >= 0.3 is 0 Å². The van der Waals surface area contributed by atoms with Gasteiger partial charge in [-0.2, -0.15) is 0 Å². The highest BCUT2D eigenvalue weighted by atomic mass is 19.3. The number of halogens is 2. The van der Waals surface area contributed by atoms with E-state index in [2.05, 4.69) is 5.32 Å². The number of nitro groups is 1. The highest BCUT2D eigenvalue weighted by Gasteiger charge is 2.13. The number of benzene rings is 1. The number of alkyl halides is 2. The van der Waals surface area contributed by atoms with Crippen LogP contribution >= 0.6 is 0 Å². The van der Waals surface area contributed by atoms with Gasteiger partial charge in [0.05, 0.1) is 4.92 Å². The first-order chi connectivity index (χ1) is 9.40. The minimum atomic E-state index is -2.58. The van der Waals surface area contributed by atoms with Gasteiger partial charge in [0.1, 0.15) is 12.4 Å². The van der Waals surface area contributed by atoms with Crippen molar-refractivity contribution in [2.75, 3.05) is 13.2 Å². The second-order valence-electron chi connectivity index (χ2n) is 4.78. The van der Waals surface area contributed by atoms with E-state index in [9.17, 15) is 18.9 Å². The average Bonchev–Trinajstić information content (AvgIpc) is 2.36. The van der Waals surface area contributed by atoms with Gasteiger partial charge in [-0.25, -0.2) is 8.78 Å². The molecule has 20 heavy (non-hydrogen) atoms. The van der Waals surface area contributed by atoms with E-state index in [1.54, 1.807) is 0 Å². The van der Waals surface area contributed by atoms with E-state index >= 15 is 0 Å². The minimum absolute atomic E-state index is 0.0873. The molecule has 0 amide bonds. The number of nitrogens with zero attached hydrogens (tertiary/aromatic N) is 1. The molecule has 1 aromatic rings. The number of nitro benzene ring substituents is 1. The highest BCUT2D eigenvalue weighted by Crippen LogP contribution is 2.24. The number of rotatable bonds is 8. The number of ether oxygens (including phenoxy) is 1. The summed E-state index contributed by atoms with van der Waals surface area (Å²) in [4.78, 5) is 10.2. The molecule has 0 aromatic heterocycles. The zero-order chi connectivity index (χ0) is 15.1. The molecule has 0 unspecified atom stereocenters. The van der Waals surface area contributed by atoms with Crippen molar-refractivity contribution in [3.8, 4) is 5.75 Å². The van der Waals surface area contributed by atoms with Gasteiger partial charge in [-0.3, -0.25) is 10.1 Å². The third-order valence-electron chi connectivity index (χ3n) is 2.49. The largest absolute Gasteiger partial charge is 0.487 e. The summed E-state index contributed by atoms with van der Waals surface area (Å²) in [5.41, 5.74) is 0.413. The summed E-state index contributed by atoms with van der Waals surface area (Å²) in [5.74, 6) is 0.659. The molecule has 0 saturated heterocycles. The first kappa shape index (κ1) is 16.3. The first-order valence-corrected chi connectivity index (χ1v) is 6.29. The fourth-order valence-electron chi connectivity index (χ4n) is 1.61. The lowest BCUT2D eigenvalue weighted by Crippen LogP contribution is -2.20. The van der Waals surface area contributed by atoms with Crippen molar-refractivity contribution >= 4 is 5.69 Å². The number of nitrogens with one attached hydrogen (secondary N) is 1. The SMILES string of the molecule is CC(C)CNCc1cc([N+](=O)[O-])ccc1OCC(F)F. The molecule has 0 heterocycles. The van der Waals surface area contributed by atoms with Crippen LogP contribution in [0.1, 0.15) is 19.4 Å². The molecule has 0 radical (unpaired) electrons. The molecule has 0 bridgehead atoms. The molecule has 112 valence electrons. The van der Waals surface area contributed by atoms with Crippen LogP contribution in [0.15, 0.2) is 18.2 Å². The van der Waals surface area contributed by atoms with Crippen LogP contribution in [0.5, 0.6) is 5.75 Å². The van der Waals surface area contributed by atoms with Gasteiger partial charge in [0.15, 0.2) is 0 Å². The molecule has 0 aliphatic heterocycles. The third kappa shape index (κ3) is 5.48. The van der Waals surface area contributed by atoms with Crippen LogP contribution in [0.3, 0.4) is 0 Å². The summed E-state index contributed by atoms with van der Waals surface area (Å²) in [6.45, 7) is 4.37. The topological polar surface area (TPSA) is 64.4 Å². The smallest absolute Gasteiger partial charge is 0.272 e. The number of non-ortho nitro benzene ring substituents is 1. The number of hydrogen-bond donors (Lipinski definition) is 1. The van der Waals surface area contributed by atoms with E-state index in [0.717, 1.165) is 6.54 Å². The molecule has 0 aliphatic carbocycles. The van der Waals surface area contributed by atoms with E-state index < -0.39 is 18.0 Å². The summed E-state index contributed by atoms with van der Waals surface area (Å²) >= 11 is 0. The second kappa shape index (κ2) is 7.74. The van der Waals surface area contributed by atoms with Crippen molar-refractivity contribution in [3.05, 3.63) is 33.9 Å². The van der Waals surface area contributed by atoms with Gasteiger partial charge < -0.3 is 10.1 Å². The van der Waals surface area contributed by atoms with Crippen molar-refractivity contribution in [1.82, 2.24) is 5.32 Å². The Labute approximate surface area is 116 Å². The predicted molar refractivity (Wildman–Crippen MR) is 71.1 cm³/mol. The van der Waals surface area contributed by atoms with Gasteiger partial charge in [0.2, 0.25) is 0 Å². The molecular formula is C13H18F2N2O3. The lowest BCUT2D eigenvalue weighted by atomic mass is 10.1. The number of hydrogen-bond acceptors (Lipinski definition) is 4. The van der Waals surface area contributed by atoms with E-state index in [1.165, 1.54) is 18.2 Å². The van der Waals surface area contributed by atoms with Crippen molar-refractivity contribution in [3.63, 3.8) is 0 Å². The molecule has 5 nitrogen and oxygen atoms in total. The Morgan fingerprint density at radius 1 is 1.40 bits per heavy atom. The van der Waals surface area contributed by atoms with Crippen molar-refractivity contribution < 1.29 is 18.4 Å². The van der Waals surface area contributed by atoms with E-state index in [1.807, 2.05) is 13.8 Å². The molecule has 1 rings (SSSR count). The fraction of sp³-hybridized carbons (Fsp3) is 0.538. The molecule has 0 spiro atoms. The third-order valence-corrected chi connectivity index (χ3v) is 2.49. The molecule has 1 N–H and O–H groups in total. The molecule has 0 atom stereocenters. The van der Waals surface area contributed by atoms with Crippen molar-refractivity contribution in [1.29, 1.82) is 0 Å². The maximum Gasteiger partial charge on any atom is 0.272 e. The highest BCUT2D eigenvalue weighted by molar-refractivity contribution is 5.43. The van der Waals surface area contributed by atoms with Gasteiger partial charge in [0, 0.05) is 24.2 Å². The maximum absolute atomic E-state index is 12.2. The van der Waals surface area contributed by atoms with Gasteiger partial charge in [-0.1, -0.05) is 13.8 Å². The fourth-order valence-corrected chi connectivity index (χ4v) is 1.61. The summed E-state index contributed by atoms with van der Waals surface area (Å²) < 4.78 is 29.3. The Morgan fingerprint density at radius 2 is 2.10 bits per heavy atom. The van der Waals surface area contributed by atoms with E-state index in [0.29, 0.717) is 18.0 Å². The van der Waals surface area contributed by atoms with Crippen LogP contribution in [0.4, 0.5) is 14.5 Å². The lowest BCUT2D eigenvalue weighted by molar-refractivity contribution is -0.384. The molecule has 1 aromatic carbocycles. The monoisotopic (exact) mass is 288 g/mol. The van der Waals surface area contributed by atoms with Crippen LogP contribution < -0.4 is 10.1 Å². The second-order valence-corrected chi connectivity index (χ2v) is 4.78. The summed E-state index contributed by atoms with van der Waals surface area (Å²) in [6, 6.07) is 3.94. The Balaban J connectivity index is 2.82. The van der Waals surface area contributed by atoms with Crippen LogP contribution in [0, 0.1) is 16.0 Å². The zero-order valence-corrected chi connectivity index (χ0v) is 11.4. The predicted octanol–water partition coefficient (Wildman–Crippen LogP) is 2.98. The van der Waals surface area contributed by atoms with Gasteiger partial charge in [-0.15, -0.1) is 0 Å². The van der Waals surface area contributed by atoms with Gasteiger partial charge in [0.25, 0.3) is 12.1 Å². The quantitative estimate of drug-likeness (QED) is 0.590. The Morgan fingerprint density at radius 3 is 2.65 bits per heavy atom. The maximum atomic E-state index is 12.2. The Hall–Kier alpha value is -1.76. The Bertz CT molecular complexity index is 453. The molecular weight excluding hydrogens is 270 g/mol. The minimum Gasteiger partial charge on any atom is -0.487 e. The van der Waals surface area contributed by atoms with Crippen LogP contribution in [0.2, 0.25) is 0 Å². The molecule has 7 heteroatoms. The lowest BCUT2D eigenvalue weighted by Gasteiger charge is -2.13. The standard InChI is InChI=1S/C13H18F2N2O3/c1-9(2)6-16-7-10-5-11(17(18)19)3-4-12(10)20-8-13(14)15/h3-5,9,13,16H,6-8H2,1-2H3. The average molecular weight is 288 g/mol. The molecule has 0 saturated carbocycles. The molecule has 0 fully saturated rings. The van der Waals surface area contributed by atoms with Crippen LogP contribution in [-0.2, 0) is 6.54 Å². The van der Waals surface area contributed by atoms with E-state index in [-0.39, 0.29) is 11.4 Å². The zero-order valence-electron chi connectivity index (χ0n) is 11.4. The van der Waals surface area contributed by atoms with Crippen molar-refractivity contribution in [2.45, 2.75) is 26.8 Å². The molecule has 0 aliphatic rings. The van der Waals surface area contributed by atoms with E-state index in [4.69, 9.17) is 4.74 Å². The Kier molecular flexibility index (Phi) is 6.30. The first-order valence-electron chi connectivity index (χ1n) is 6.29. The van der Waals surface area contributed by atoms with Crippen LogP contribution in [0.25, 0.3) is 0 Å². The van der Waals surface area contributed by atoms with Crippen LogP contribution in [-0.4, -0.2) is 24.5 Å². The summed E-state index contributed by atoms with van der Waals surface area (Å²) in [5, 5.41) is 13.8. The van der Waals surface area contributed by atoms with Crippen molar-refractivity contribution in [2.24, 2.45) is 5.92 Å². The normalized spacial score (nSPS) is 11.1. The van der Waals surface area contributed by atoms with Gasteiger partial charge in [-0.05, 0) is 18.5 Å². The summed E-state index contributed by atoms with van der Waals surface area (Å²) in [6.07, 6.45) is -2.58.